The molecule has 0 radical (unpaired) electrons. The first-order valence-electron chi connectivity index (χ1n) is 8.40. The number of ether oxygens (including phenoxy) is 3. The molecule has 0 aliphatic rings. The number of hydrogen-bond donors (Lipinski definition) is 2. The van der Waals surface area contributed by atoms with E-state index < -0.39 is 5.56 Å². The van der Waals surface area contributed by atoms with Gasteiger partial charge >= 0.3 is 0 Å². The van der Waals surface area contributed by atoms with Crippen molar-refractivity contribution in [2.45, 2.75) is 27.3 Å². The fourth-order valence-electron chi connectivity index (χ4n) is 2.20. The predicted molar refractivity (Wildman–Crippen MR) is 102 cm³/mol. The van der Waals surface area contributed by atoms with Gasteiger partial charge in [-0.2, -0.15) is 0 Å². The maximum Gasteiger partial charge on any atom is 0.285 e. The van der Waals surface area contributed by atoms with E-state index in [9.17, 15) is 4.79 Å². The summed E-state index contributed by atoms with van der Waals surface area (Å²) in [4.78, 5) is 11.7. The molecule has 0 unspecified atom stereocenters. The smallest absolute Gasteiger partial charge is 0.285 e. The zero-order chi connectivity index (χ0) is 19.1. The van der Waals surface area contributed by atoms with Crippen molar-refractivity contribution in [2.75, 3.05) is 25.6 Å². The lowest BCUT2D eigenvalue weighted by molar-refractivity contribution is 0.256. The molecule has 0 aliphatic carbocycles. The van der Waals surface area contributed by atoms with Gasteiger partial charge in [0.1, 0.15) is 10.7 Å². The average molecular weight is 382 g/mol. The van der Waals surface area contributed by atoms with Crippen molar-refractivity contribution in [1.29, 1.82) is 0 Å². The molecule has 0 aliphatic heterocycles. The van der Waals surface area contributed by atoms with E-state index >= 15 is 0 Å². The average Bonchev–Trinajstić information content (AvgIpc) is 2.63. The van der Waals surface area contributed by atoms with Gasteiger partial charge in [0.25, 0.3) is 11.4 Å². The largest absolute Gasteiger partial charge is 0.493 e. The maximum atomic E-state index is 11.7. The van der Waals surface area contributed by atoms with Gasteiger partial charge in [0.2, 0.25) is 0 Å². The molecule has 1 aromatic carbocycles. The van der Waals surface area contributed by atoms with Crippen molar-refractivity contribution < 1.29 is 14.2 Å². The van der Waals surface area contributed by atoms with E-state index in [0.29, 0.717) is 42.9 Å². The third-order valence-electron chi connectivity index (χ3n) is 3.44. The molecule has 2 aromatic rings. The Morgan fingerprint density at radius 1 is 1.27 bits per heavy atom. The van der Waals surface area contributed by atoms with Gasteiger partial charge in [0.05, 0.1) is 20.3 Å². The van der Waals surface area contributed by atoms with Crippen LogP contribution in [0.15, 0.2) is 23.0 Å². The Bertz CT molecular complexity index is 792. The fraction of sp³-hybridized carbons (Fsp3) is 0.444. The number of rotatable bonds is 9. The van der Waals surface area contributed by atoms with Crippen molar-refractivity contribution >= 4 is 17.3 Å². The van der Waals surface area contributed by atoms with E-state index in [0.717, 1.165) is 5.56 Å². The molecule has 0 saturated carbocycles. The van der Waals surface area contributed by atoms with Gasteiger partial charge in [-0.15, -0.1) is 5.10 Å². The Balaban J connectivity index is 2.20. The zero-order valence-corrected chi connectivity index (χ0v) is 16.1. The van der Waals surface area contributed by atoms with Crippen LogP contribution in [0.3, 0.4) is 0 Å². The Morgan fingerprint density at radius 3 is 2.69 bits per heavy atom. The highest BCUT2D eigenvalue weighted by atomic mass is 35.5. The fourth-order valence-corrected chi connectivity index (χ4v) is 2.39. The number of aromatic amines is 1. The van der Waals surface area contributed by atoms with Crippen molar-refractivity contribution in [2.24, 2.45) is 5.92 Å². The number of methoxy groups -OCH3 is 1. The second-order valence-electron chi connectivity index (χ2n) is 6.02. The van der Waals surface area contributed by atoms with Crippen LogP contribution < -0.4 is 25.1 Å². The van der Waals surface area contributed by atoms with Gasteiger partial charge < -0.3 is 19.5 Å². The Kier molecular flexibility index (Phi) is 7.15. The minimum absolute atomic E-state index is 0.00763. The molecule has 2 rings (SSSR count). The van der Waals surface area contributed by atoms with Gasteiger partial charge in [0.15, 0.2) is 11.5 Å². The van der Waals surface area contributed by atoms with Crippen LogP contribution in [0.4, 0.5) is 5.69 Å². The molecular weight excluding hydrogens is 358 g/mol. The molecule has 8 heteroatoms. The van der Waals surface area contributed by atoms with Crippen LogP contribution in [0.5, 0.6) is 17.4 Å². The van der Waals surface area contributed by atoms with Crippen LogP contribution in [0, 0.1) is 5.92 Å². The van der Waals surface area contributed by atoms with Crippen LogP contribution in [-0.4, -0.2) is 30.5 Å². The lowest BCUT2D eigenvalue weighted by Gasteiger charge is -2.15. The third kappa shape index (κ3) is 5.05. The summed E-state index contributed by atoms with van der Waals surface area (Å²) in [5.74, 6) is 1.99. The molecule has 0 atom stereocenters. The molecular formula is C18H24ClN3O4. The summed E-state index contributed by atoms with van der Waals surface area (Å²) in [7, 11) is 1.60. The molecule has 0 fully saturated rings. The monoisotopic (exact) mass is 381 g/mol. The van der Waals surface area contributed by atoms with E-state index in [1.54, 1.807) is 7.11 Å². The van der Waals surface area contributed by atoms with Gasteiger partial charge in [-0.25, -0.2) is 5.10 Å². The minimum Gasteiger partial charge on any atom is -0.493 e. The number of nitrogens with zero attached hydrogens (tertiary/aromatic N) is 1. The highest BCUT2D eigenvalue weighted by Gasteiger charge is 2.14. The molecule has 7 nitrogen and oxygen atoms in total. The van der Waals surface area contributed by atoms with Gasteiger partial charge in [-0.3, -0.25) is 4.79 Å². The number of aromatic nitrogens is 2. The molecule has 1 heterocycles. The van der Waals surface area contributed by atoms with E-state index in [1.807, 2.05) is 25.1 Å². The second-order valence-corrected chi connectivity index (χ2v) is 6.40. The lowest BCUT2D eigenvalue weighted by Crippen LogP contribution is -2.15. The quantitative estimate of drug-likeness (QED) is 0.691. The van der Waals surface area contributed by atoms with E-state index in [-0.39, 0.29) is 10.9 Å². The van der Waals surface area contributed by atoms with Crippen molar-refractivity contribution in [3.05, 3.63) is 39.1 Å². The molecule has 0 amide bonds. The maximum absolute atomic E-state index is 11.7. The van der Waals surface area contributed by atoms with Crippen LogP contribution in [0.1, 0.15) is 26.3 Å². The summed E-state index contributed by atoms with van der Waals surface area (Å²) in [6.45, 7) is 7.38. The van der Waals surface area contributed by atoms with Gasteiger partial charge in [-0.1, -0.05) is 31.5 Å². The SMILES string of the molecule is CCOc1n[nH]c(=O)c(Cl)c1NCc1ccc(OC)c(OCC(C)C)c1. The topological polar surface area (TPSA) is 85.5 Å². The molecule has 26 heavy (non-hydrogen) atoms. The van der Waals surface area contributed by atoms with Crippen LogP contribution in [-0.2, 0) is 6.54 Å². The lowest BCUT2D eigenvalue weighted by atomic mass is 10.2. The Hall–Kier alpha value is -2.41. The standard InChI is InChI=1S/C18H24ClN3O4/c1-5-25-18-16(15(19)17(23)21-22-18)20-9-12-6-7-13(24-4)14(8-12)26-10-11(2)3/h6-8,11H,5,9-10H2,1-4H3,(H2,20,21,23). The van der Waals surface area contributed by atoms with Crippen molar-refractivity contribution in [1.82, 2.24) is 10.2 Å². The summed E-state index contributed by atoms with van der Waals surface area (Å²) in [5.41, 5.74) is 0.814. The van der Waals surface area contributed by atoms with Gasteiger partial charge in [0, 0.05) is 6.54 Å². The number of H-pyrrole nitrogens is 1. The first kappa shape index (κ1) is 19.9. The first-order chi connectivity index (χ1) is 12.5. The summed E-state index contributed by atoms with van der Waals surface area (Å²) >= 11 is 6.09. The normalized spacial score (nSPS) is 10.7. The van der Waals surface area contributed by atoms with Crippen LogP contribution in [0.25, 0.3) is 0 Å². The zero-order valence-electron chi connectivity index (χ0n) is 15.4. The second kappa shape index (κ2) is 9.33. The summed E-state index contributed by atoms with van der Waals surface area (Å²) in [6, 6.07) is 5.64. The van der Waals surface area contributed by atoms with Crippen LogP contribution >= 0.6 is 11.6 Å². The Morgan fingerprint density at radius 2 is 2.04 bits per heavy atom. The number of halogens is 1. The Labute approximate surface area is 157 Å². The first-order valence-corrected chi connectivity index (χ1v) is 8.78. The molecule has 2 N–H and O–H groups in total. The molecule has 1 aromatic heterocycles. The summed E-state index contributed by atoms with van der Waals surface area (Å²) < 4.78 is 16.6. The molecule has 0 spiro atoms. The molecule has 142 valence electrons. The van der Waals surface area contributed by atoms with E-state index in [1.165, 1.54) is 0 Å². The van der Waals surface area contributed by atoms with Crippen molar-refractivity contribution in [3.8, 4) is 17.4 Å². The summed E-state index contributed by atoms with van der Waals surface area (Å²) in [5, 5.41) is 9.31. The van der Waals surface area contributed by atoms with E-state index in [2.05, 4.69) is 29.4 Å². The highest BCUT2D eigenvalue weighted by Crippen LogP contribution is 2.30. The minimum atomic E-state index is -0.478. The number of nitrogens with one attached hydrogen (secondary N) is 2. The summed E-state index contributed by atoms with van der Waals surface area (Å²) in [6.07, 6.45) is 0. The number of benzene rings is 1. The van der Waals surface area contributed by atoms with Crippen molar-refractivity contribution in [3.63, 3.8) is 0 Å². The predicted octanol–water partition coefficient (Wildman–Crippen LogP) is 3.48. The molecule has 0 saturated heterocycles. The highest BCUT2D eigenvalue weighted by molar-refractivity contribution is 6.33. The number of anilines is 1. The van der Waals surface area contributed by atoms with E-state index in [4.69, 9.17) is 25.8 Å². The third-order valence-corrected chi connectivity index (χ3v) is 3.80. The van der Waals surface area contributed by atoms with Crippen LogP contribution in [0.2, 0.25) is 5.02 Å². The molecule has 0 bridgehead atoms. The van der Waals surface area contributed by atoms with Gasteiger partial charge in [-0.05, 0) is 30.5 Å². The number of hydrogen-bond acceptors (Lipinski definition) is 6.